The van der Waals surface area contributed by atoms with E-state index in [1.165, 1.54) is 10.7 Å². The Bertz CT molecular complexity index is 926. The molecule has 2 aliphatic heterocycles. The summed E-state index contributed by atoms with van der Waals surface area (Å²) in [6.45, 7) is 1.24. The van der Waals surface area contributed by atoms with Crippen LogP contribution in [0.1, 0.15) is 19.3 Å². The van der Waals surface area contributed by atoms with Crippen LogP contribution in [0.25, 0.3) is 11.3 Å². The monoisotopic (exact) mass is 391 g/mol. The van der Waals surface area contributed by atoms with E-state index in [0.717, 1.165) is 5.56 Å². The molecule has 27 heavy (non-hydrogen) atoms. The van der Waals surface area contributed by atoms with E-state index in [1.807, 2.05) is 0 Å². The molecule has 0 saturated carbocycles. The van der Waals surface area contributed by atoms with Crippen LogP contribution in [0, 0.1) is 0 Å². The van der Waals surface area contributed by atoms with Crippen LogP contribution in [0.15, 0.2) is 46.2 Å². The molecule has 144 valence electrons. The number of hydrogen-bond acceptors (Lipinski definition) is 6. The molecule has 2 saturated heterocycles. The summed E-state index contributed by atoms with van der Waals surface area (Å²) in [6.07, 6.45) is 4.39. The van der Waals surface area contributed by atoms with Crippen molar-refractivity contribution in [3.8, 4) is 11.3 Å². The van der Waals surface area contributed by atoms with Crippen molar-refractivity contribution < 1.29 is 22.4 Å². The molecule has 1 aromatic heterocycles. The van der Waals surface area contributed by atoms with Gasteiger partial charge in [-0.2, -0.15) is 4.31 Å². The Hall–Kier alpha value is -2.39. The number of oxazole rings is 1. The third-order valence-corrected chi connectivity index (χ3v) is 7.12. The number of sulfonamides is 1. The number of rotatable bonds is 3. The Kier molecular flexibility index (Phi) is 4.43. The van der Waals surface area contributed by atoms with Gasteiger partial charge in [0.05, 0.1) is 17.6 Å². The lowest BCUT2D eigenvalue weighted by molar-refractivity contribution is 0.0460. The summed E-state index contributed by atoms with van der Waals surface area (Å²) in [6, 6.07) is 6.58. The summed E-state index contributed by atoms with van der Waals surface area (Å²) in [5.41, 5.74) is 0.189. The Morgan fingerprint density at radius 1 is 1.15 bits per heavy atom. The first-order valence-electron chi connectivity index (χ1n) is 8.83. The Balaban J connectivity index is 1.51. The zero-order valence-electron chi connectivity index (χ0n) is 15.0. The van der Waals surface area contributed by atoms with Gasteiger partial charge in [-0.25, -0.2) is 18.2 Å². The Morgan fingerprint density at radius 3 is 2.56 bits per heavy atom. The molecular weight excluding hydrogens is 370 g/mol. The van der Waals surface area contributed by atoms with Crippen molar-refractivity contribution in [2.75, 3.05) is 26.7 Å². The number of likely N-dealkylation sites (N-methyl/N-ethyl adjacent to an activating group) is 1. The van der Waals surface area contributed by atoms with Gasteiger partial charge in [-0.05, 0) is 37.1 Å². The molecule has 0 N–H and O–H groups in total. The fourth-order valence-corrected chi connectivity index (χ4v) is 5.21. The summed E-state index contributed by atoms with van der Waals surface area (Å²) >= 11 is 0. The van der Waals surface area contributed by atoms with Gasteiger partial charge >= 0.3 is 6.09 Å². The van der Waals surface area contributed by atoms with Crippen molar-refractivity contribution in [1.82, 2.24) is 14.2 Å². The molecule has 2 aliphatic rings. The zero-order valence-corrected chi connectivity index (χ0v) is 15.8. The molecule has 1 aromatic carbocycles. The van der Waals surface area contributed by atoms with Gasteiger partial charge in [0.1, 0.15) is 5.60 Å². The second-order valence-corrected chi connectivity index (χ2v) is 8.99. The van der Waals surface area contributed by atoms with Crippen molar-refractivity contribution >= 4 is 16.1 Å². The first-order valence-corrected chi connectivity index (χ1v) is 10.3. The second kappa shape index (κ2) is 6.65. The van der Waals surface area contributed by atoms with E-state index in [1.54, 1.807) is 42.4 Å². The minimum Gasteiger partial charge on any atom is -0.444 e. The van der Waals surface area contributed by atoms with E-state index >= 15 is 0 Å². The van der Waals surface area contributed by atoms with E-state index in [0.29, 0.717) is 44.7 Å². The van der Waals surface area contributed by atoms with Crippen LogP contribution in [-0.4, -0.2) is 61.0 Å². The van der Waals surface area contributed by atoms with Crippen molar-refractivity contribution in [2.24, 2.45) is 0 Å². The van der Waals surface area contributed by atoms with Gasteiger partial charge in [-0.3, -0.25) is 0 Å². The molecule has 3 heterocycles. The van der Waals surface area contributed by atoms with E-state index < -0.39 is 15.6 Å². The minimum atomic E-state index is -3.61. The standard InChI is InChI=1S/C18H21N3O5S/c1-20-12-18(26-17(20)22)7-2-9-21(10-8-18)27(23,24)15-5-3-14(4-6-15)16-11-19-13-25-16/h3-6,11,13H,2,7-10,12H2,1H3/t18-/m0/s1. The number of nitrogens with zero attached hydrogens (tertiary/aromatic N) is 3. The maximum atomic E-state index is 13.0. The molecule has 0 radical (unpaired) electrons. The van der Waals surface area contributed by atoms with Crippen molar-refractivity contribution in [1.29, 1.82) is 0 Å². The van der Waals surface area contributed by atoms with Gasteiger partial charge in [0.2, 0.25) is 10.0 Å². The molecule has 0 bridgehead atoms. The highest BCUT2D eigenvalue weighted by Gasteiger charge is 2.45. The van der Waals surface area contributed by atoms with E-state index in [4.69, 9.17) is 9.15 Å². The highest BCUT2D eigenvalue weighted by Crippen LogP contribution is 2.34. The van der Waals surface area contributed by atoms with Crippen LogP contribution < -0.4 is 0 Å². The van der Waals surface area contributed by atoms with Gasteiger partial charge in [0, 0.05) is 32.1 Å². The highest BCUT2D eigenvalue weighted by molar-refractivity contribution is 7.89. The molecule has 4 rings (SSSR count). The van der Waals surface area contributed by atoms with Gasteiger partial charge in [0.25, 0.3) is 0 Å². The number of aromatic nitrogens is 1. The van der Waals surface area contributed by atoms with Crippen molar-refractivity contribution in [3.05, 3.63) is 36.9 Å². The average molecular weight is 391 g/mol. The topological polar surface area (TPSA) is 93.0 Å². The predicted molar refractivity (Wildman–Crippen MR) is 96.4 cm³/mol. The molecule has 2 fully saturated rings. The third-order valence-electron chi connectivity index (χ3n) is 5.21. The molecule has 0 unspecified atom stereocenters. The zero-order chi connectivity index (χ0) is 19.1. The van der Waals surface area contributed by atoms with Gasteiger partial charge in [-0.1, -0.05) is 0 Å². The van der Waals surface area contributed by atoms with Crippen LogP contribution in [-0.2, 0) is 14.8 Å². The molecule has 0 aliphatic carbocycles. The molecule has 9 heteroatoms. The largest absolute Gasteiger partial charge is 0.444 e. The molecule has 1 spiro atoms. The SMILES string of the molecule is CN1C[C@@]2(CCCN(S(=O)(=O)c3ccc(-c4cnco4)cc3)CC2)OC1=O. The van der Waals surface area contributed by atoms with Crippen LogP contribution >= 0.6 is 0 Å². The lowest BCUT2D eigenvalue weighted by Crippen LogP contribution is -2.36. The summed E-state index contributed by atoms with van der Waals surface area (Å²) in [7, 11) is -1.91. The summed E-state index contributed by atoms with van der Waals surface area (Å²) < 4.78 is 38.4. The number of amides is 1. The van der Waals surface area contributed by atoms with E-state index in [9.17, 15) is 13.2 Å². The van der Waals surface area contributed by atoms with Gasteiger partial charge in [0.15, 0.2) is 12.2 Å². The first-order chi connectivity index (χ1) is 12.9. The maximum absolute atomic E-state index is 13.0. The summed E-state index contributed by atoms with van der Waals surface area (Å²) in [5, 5.41) is 0. The van der Waals surface area contributed by atoms with Crippen LogP contribution in [0.3, 0.4) is 0 Å². The quantitative estimate of drug-likeness (QED) is 0.797. The lowest BCUT2D eigenvalue weighted by Gasteiger charge is -2.25. The van der Waals surface area contributed by atoms with Crippen molar-refractivity contribution in [3.63, 3.8) is 0 Å². The number of carbonyl (C=O) groups is 1. The predicted octanol–water partition coefficient (Wildman–Crippen LogP) is 2.34. The summed E-state index contributed by atoms with van der Waals surface area (Å²) in [5.74, 6) is 0.586. The molecule has 8 nitrogen and oxygen atoms in total. The smallest absolute Gasteiger partial charge is 0.410 e. The highest BCUT2D eigenvalue weighted by atomic mass is 32.2. The second-order valence-electron chi connectivity index (χ2n) is 7.05. The number of benzene rings is 1. The third kappa shape index (κ3) is 3.32. The van der Waals surface area contributed by atoms with Crippen LogP contribution in [0.2, 0.25) is 0 Å². The lowest BCUT2D eigenvalue weighted by atomic mass is 9.95. The Morgan fingerprint density at radius 2 is 1.93 bits per heavy atom. The number of ether oxygens (including phenoxy) is 1. The fraction of sp³-hybridized carbons (Fsp3) is 0.444. The van der Waals surface area contributed by atoms with E-state index in [-0.39, 0.29) is 11.0 Å². The fourth-order valence-electron chi connectivity index (χ4n) is 3.73. The van der Waals surface area contributed by atoms with Crippen molar-refractivity contribution in [2.45, 2.75) is 29.8 Å². The van der Waals surface area contributed by atoms with Gasteiger partial charge < -0.3 is 14.1 Å². The molecular formula is C18H21N3O5S. The van der Waals surface area contributed by atoms with Gasteiger partial charge in [-0.15, -0.1) is 0 Å². The number of carbonyl (C=O) groups excluding carboxylic acids is 1. The van der Waals surface area contributed by atoms with Crippen LogP contribution in [0.4, 0.5) is 4.79 Å². The number of hydrogen-bond donors (Lipinski definition) is 0. The molecule has 1 atom stereocenters. The first kappa shape index (κ1) is 18.0. The maximum Gasteiger partial charge on any atom is 0.410 e. The van der Waals surface area contributed by atoms with Crippen LogP contribution in [0.5, 0.6) is 0 Å². The minimum absolute atomic E-state index is 0.238. The normalized spacial score (nSPS) is 24.2. The summed E-state index contributed by atoms with van der Waals surface area (Å²) in [4.78, 5) is 17.4. The van der Waals surface area contributed by atoms with E-state index in [2.05, 4.69) is 4.98 Å². The average Bonchev–Trinajstić information content (AvgIpc) is 3.21. The Labute approximate surface area is 157 Å². The molecule has 1 amide bonds. The molecule has 2 aromatic rings.